The summed E-state index contributed by atoms with van der Waals surface area (Å²) in [6.45, 7) is 0. The molecule has 2 saturated heterocycles. The van der Waals surface area contributed by atoms with Crippen LogP contribution in [0.25, 0.3) is 11.1 Å². The molecule has 5 nitrogen and oxygen atoms in total. The number of carbonyl (C=O) groups is 2. The van der Waals surface area contributed by atoms with E-state index in [4.69, 9.17) is 9.84 Å². The number of aliphatic carboxylic acids is 1. The highest BCUT2D eigenvalue weighted by molar-refractivity contribution is 8.14. The van der Waals surface area contributed by atoms with Crippen LogP contribution >= 0.6 is 11.8 Å². The first-order valence-electron chi connectivity index (χ1n) is 13.1. The largest absolute Gasteiger partial charge is 0.497 e. The number of carboxylic acid groups (broad SMARTS) is 1. The lowest BCUT2D eigenvalue weighted by Gasteiger charge is -2.28. The zero-order valence-electron chi connectivity index (χ0n) is 22.4. The minimum absolute atomic E-state index is 0.0287. The van der Waals surface area contributed by atoms with Gasteiger partial charge in [0, 0.05) is 12.5 Å². The molecule has 0 aromatic heterocycles. The molecular formula is C30H24F7NO4S. The summed E-state index contributed by atoms with van der Waals surface area (Å²) in [5, 5.41) is 7.72. The predicted octanol–water partition coefficient (Wildman–Crippen LogP) is 8.67. The number of hydrogen-bond donors (Lipinski definition) is 1. The Morgan fingerprint density at radius 3 is 2.35 bits per heavy atom. The van der Waals surface area contributed by atoms with E-state index in [0.29, 0.717) is 28.5 Å². The Morgan fingerprint density at radius 2 is 1.70 bits per heavy atom. The standard InChI is InChI=1S/C30H24F7NO4S/c1-42-21-9-15(2-7-26(39)40)8-16(12-21)22-4-3-18(29(32,33)34)14-23(22)24-5-6-25-27(43-28(41)38(24)25)17-10-19(30(35,36)37)13-20(31)11-17/h3-4,8-14,24-25,27H,2,5-7H2,1H3,(H,39,40)/t24-,25-,27+/m0/s1. The van der Waals surface area contributed by atoms with Gasteiger partial charge in [-0.15, -0.1) is 0 Å². The van der Waals surface area contributed by atoms with Crippen LogP contribution in [0, 0.1) is 5.82 Å². The maximum absolute atomic E-state index is 14.2. The second-order valence-corrected chi connectivity index (χ2v) is 11.5. The maximum atomic E-state index is 14.2. The summed E-state index contributed by atoms with van der Waals surface area (Å²) in [6.07, 6.45) is -9.07. The second kappa shape index (κ2) is 11.4. The SMILES string of the molecule is COc1cc(CCC(=O)O)cc(-c2ccc(C(F)(F)F)cc2[C@@H]2CC[C@H]3[C@@H](c4cc(F)cc(C(F)(F)F)c4)SC(=O)N23)c1. The molecule has 2 aliphatic heterocycles. The Hall–Kier alpha value is -3.74. The number of thioether (sulfide) groups is 1. The molecule has 13 heteroatoms. The molecule has 1 amide bonds. The number of amides is 1. The number of alkyl halides is 6. The van der Waals surface area contributed by atoms with Crippen LogP contribution in [0.4, 0.5) is 35.5 Å². The molecule has 5 rings (SSSR count). The van der Waals surface area contributed by atoms with Gasteiger partial charge in [-0.25, -0.2) is 4.39 Å². The van der Waals surface area contributed by atoms with Crippen molar-refractivity contribution in [2.45, 2.75) is 55.4 Å². The van der Waals surface area contributed by atoms with Crippen LogP contribution in [-0.2, 0) is 23.6 Å². The van der Waals surface area contributed by atoms with Crippen molar-refractivity contribution in [2.24, 2.45) is 0 Å². The summed E-state index contributed by atoms with van der Waals surface area (Å²) in [4.78, 5) is 25.8. The number of benzene rings is 3. The molecule has 0 unspecified atom stereocenters. The lowest BCUT2D eigenvalue weighted by Crippen LogP contribution is -2.31. The topological polar surface area (TPSA) is 66.8 Å². The zero-order valence-corrected chi connectivity index (χ0v) is 23.2. The Labute approximate surface area is 245 Å². The molecule has 43 heavy (non-hydrogen) atoms. The third-order valence-corrected chi connectivity index (χ3v) is 8.92. The Kier molecular flexibility index (Phi) is 8.14. The number of carbonyl (C=O) groups excluding carboxylic acids is 1. The fourth-order valence-electron chi connectivity index (χ4n) is 5.79. The molecule has 2 heterocycles. The van der Waals surface area contributed by atoms with Crippen LogP contribution in [0.5, 0.6) is 5.75 Å². The summed E-state index contributed by atoms with van der Waals surface area (Å²) in [6, 6.07) is 8.63. The van der Waals surface area contributed by atoms with Crippen molar-refractivity contribution >= 4 is 23.0 Å². The summed E-state index contributed by atoms with van der Waals surface area (Å²) in [7, 11) is 1.40. The van der Waals surface area contributed by atoms with E-state index in [1.807, 2.05) is 0 Å². The van der Waals surface area contributed by atoms with Gasteiger partial charge < -0.3 is 14.7 Å². The number of methoxy groups -OCH3 is 1. The van der Waals surface area contributed by atoms with E-state index in [1.165, 1.54) is 18.1 Å². The van der Waals surface area contributed by atoms with Crippen LogP contribution < -0.4 is 4.74 Å². The smallest absolute Gasteiger partial charge is 0.416 e. The summed E-state index contributed by atoms with van der Waals surface area (Å²) < 4.78 is 101. The highest BCUT2D eigenvalue weighted by atomic mass is 32.2. The number of rotatable bonds is 7. The van der Waals surface area contributed by atoms with Crippen molar-refractivity contribution in [3.05, 3.63) is 88.2 Å². The number of nitrogens with zero attached hydrogens (tertiary/aromatic N) is 1. The normalized spacial score (nSPS) is 20.4. The fraction of sp³-hybridized carbons (Fsp3) is 0.333. The van der Waals surface area contributed by atoms with Crippen LogP contribution in [-0.4, -0.2) is 34.4 Å². The minimum atomic E-state index is -4.81. The predicted molar refractivity (Wildman–Crippen MR) is 144 cm³/mol. The van der Waals surface area contributed by atoms with E-state index in [9.17, 15) is 40.3 Å². The molecular weight excluding hydrogens is 603 g/mol. The molecule has 3 atom stereocenters. The average Bonchev–Trinajstić information content (AvgIpc) is 3.51. The van der Waals surface area contributed by atoms with Gasteiger partial charge in [0.1, 0.15) is 11.6 Å². The van der Waals surface area contributed by atoms with Crippen molar-refractivity contribution < 1.29 is 50.2 Å². The lowest BCUT2D eigenvalue weighted by atomic mass is 9.90. The quantitative estimate of drug-likeness (QED) is 0.266. The molecule has 1 N–H and O–H groups in total. The molecule has 0 aliphatic carbocycles. The first-order valence-corrected chi connectivity index (χ1v) is 14.0. The van der Waals surface area contributed by atoms with Gasteiger partial charge >= 0.3 is 18.3 Å². The van der Waals surface area contributed by atoms with Crippen molar-refractivity contribution in [2.75, 3.05) is 7.11 Å². The van der Waals surface area contributed by atoms with Crippen molar-refractivity contribution in [1.82, 2.24) is 4.90 Å². The Bertz CT molecular complexity index is 1570. The third kappa shape index (κ3) is 6.31. The maximum Gasteiger partial charge on any atom is 0.416 e. The monoisotopic (exact) mass is 627 g/mol. The van der Waals surface area contributed by atoms with E-state index in [2.05, 4.69) is 0 Å². The van der Waals surface area contributed by atoms with Gasteiger partial charge in [-0.05, 0) is 89.5 Å². The van der Waals surface area contributed by atoms with Gasteiger partial charge in [-0.1, -0.05) is 23.9 Å². The molecule has 3 aromatic carbocycles. The first kappa shape index (κ1) is 30.7. The molecule has 0 bridgehead atoms. The van der Waals surface area contributed by atoms with Gasteiger partial charge in [-0.3, -0.25) is 9.59 Å². The fourth-order valence-corrected chi connectivity index (χ4v) is 7.09. The summed E-state index contributed by atoms with van der Waals surface area (Å²) in [5.74, 6) is -1.79. The van der Waals surface area contributed by atoms with Gasteiger partial charge in [0.25, 0.3) is 5.24 Å². The summed E-state index contributed by atoms with van der Waals surface area (Å²) in [5.41, 5.74) is -0.604. The van der Waals surface area contributed by atoms with Crippen molar-refractivity contribution in [1.29, 1.82) is 0 Å². The van der Waals surface area contributed by atoms with Gasteiger partial charge in [-0.2, -0.15) is 26.3 Å². The molecule has 3 aromatic rings. The van der Waals surface area contributed by atoms with E-state index in [1.54, 1.807) is 18.2 Å². The molecule has 0 radical (unpaired) electrons. The molecule has 228 valence electrons. The number of ether oxygens (including phenoxy) is 1. The van der Waals surface area contributed by atoms with E-state index in [0.717, 1.165) is 36.0 Å². The van der Waals surface area contributed by atoms with Crippen LogP contribution in [0.3, 0.4) is 0 Å². The highest BCUT2D eigenvalue weighted by Crippen LogP contribution is 2.55. The summed E-state index contributed by atoms with van der Waals surface area (Å²) >= 11 is 0.722. The molecule has 2 fully saturated rings. The Balaban J connectivity index is 1.58. The zero-order chi connectivity index (χ0) is 31.3. The highest BCUT2D eigenvalue weighted by Gasteiger charge is 2.50. The lowest BCUT2D eigenvalue weighted by molar-refractivity contribution is -0.138. The number of halogens is 7. The van der Waals surface area contributed by atoms with Crippen LogP contribution in [0.2, 0.25) is 0 Å². The van der Waals surface area contributed by atoms with Gasteiger partial charge in [0.2, 0.25) is 0 Å². The molecule has 2 aliphatic rings. The van der Waals surface area contributed by atoms with E-state index >= 15 is 0 Å². The molecule has 0 saturated carbocycles. The Morgan fingerprint density at radius 1 is 0.977 bits per heavy atom. The van der Waals surface area contributed by atoms with Crippen molar-refractivity contribution in [3.63, 3.8) is 0 Å². The number of hydrogen-bond acceptors (Lipinski definition) is 4. The second-order valence-electron chi connectivity index (χ2n) is 10.4. The van der Waals surface area contributed by atoms with Gasteiger partial charge in [0.15, 0.2) is 0 Å². The average molecular weight is 628 g/mol. The third-order valence-electron chi connectivity index (χ3n) is 7.67. The number of aryl methyl sites for hydroxylation is 1. The van der Waals surface area contributed by atoms with Crippen LogP contribution in [0.1, 0.15) is 58.4 Å². The van der Waals surface area contributed by atoms with E-state index in [-0.39, 0.29) is 36.8 Å². The van der Waals surface area contributed by atoms with Gasteiger partial charge in [0.05, 0.1) is 29.5 Å². The number of fused-ring (bicyclic) bond motifs is 1. The van der Waals surface area contributed by atoms with E-state index < -0.39 is 57.8 Å². The number of carboxylic acids is 1. The first-order chi connectivity index (χ1) is 20.2. The van der Waals surface area contributed by atoms with Crippen LogP contribution in [0.15, 0.2) is 54.6 Å². The minimum Gasteiger partial charge on any atom is -0.497 e. The molecule has 0 spiro atoms. The van der Waals surface area contributed by atoms with Crippen molar-refractivity contribution in [3.8, 4) is 16.9 Å².